The zero-order valence-electron chi connectivity index (χ0n) is 10.2. The Hall–Kier alpha value is -0.920. The van der Waals surface area contributed by atoms with Gasteiger partial charge in [0.15, 0.2) is 0 Å². The van der Waals surface area contributed by atoms with Crippen LogP contribution in [0.25, 0.3) is 0 Å². The molecule has 1 aromatic rings. The van der Waals surface area contributed by atoms with Gasteiger partial charge in [-0.2, -0.15) is 0 Å². The molecule has 1 unspecified atom stereocenters. The van der Waals surface area contributed by atoms with Crippen molar-refractivity contribution >= 4 is 10.0 Å². The highest BCUT2D eigenvalue weighted by Gasteiger charge is 2.19. The maximum absolute atomic E-state index is 11.8. The molecule has 0 aliphatic carbocycles. The first-order chi connectivity index (χ1) is 8.06. The minimum Gasteiger partial charge on any atom is -0.347 e. The minimum absolute atomic E-state index is 0.202. The summed E-state index contributed by atoms with van der Waals surface area (Å²) in [5.41, 5.74) is 0. The van der Waals surface area contributed by atoms with Gasteiger partial charge in [0, 0.05) is 18.9 Å². The second kappa shape index (κ2) is 6.73. The molecule has 0 amide bonds. The predicted octanol–water partition coefficient (Wildman–Crippen LogP) is 0.217. The van der Waals surface area contributed by atoms with Crippen molar-refractivity contribution in [3.05, 3.63) is 18.2 Å². The number of hydrogen-bond donors (Lipinski definition) is 3. The lowest BCUT2D eigenvalue weighted by Crippen LogP contribution is -2.39. The lowest BCUT2D eigenvalue weighted by atomic mass is 10.4. The fourth-order valence-corrected chi connectivity index (χ4v) is 2.26. The Morgan fingerprint density at radius 1 is 1.53 bits per heavy atom. The summed E-state index contributed by atoms with van der Waals surface area (Å²) in [5, 5.41) is 2.64. The second-order valence-electron chi connectivity index (χ2n) is 3.92. The van der Waals surface area contributed by atoms with Gasteiger partial charge in [-0.15, -0.1) is 0 Å². The third kappa shape index (κ3) is 4.84. The summed E-state index contributed by atoms with van der Waals surface area (Å²) in [6.45, 7) is 5.22. The summed E-state index contributed by atoms with van der Waals surface area (Å²) in [6.07, 6.45) is 4.25. The fraction of sp³-hybridized carbons (Fsp3) is 0.700. The van der Waals surface area contributed by atoms with Gasteiger partial charge in [-0.05, 0) is 19.9 Å². The number of aromatic amines is 1. The van der Waals surface area contributed by atoms with Crippen LogP contribution in [0, 0.1) is 0 Å². The lowest BCUT2D eigenvalue weighted by molar-refractivity contribution is 0.555. The largest absolute Gasteiger partial charge is 0.347 e. The van der Waals surface area contributed by atoms with Gasteiger partial charge in [0.05, 0.1) is 11.8 Å². The molecule has 0 bridgehead atoms. The fourth-order valence-electron chi connectivity index (χ4n) is 1.30. The highest BCUT2D eigenvalue weighted by Crippen LogP contribution is 1.98. The summed E-state index contributed by atoms with van der Waals surface area (Å²) >= 11 is 0. The van der Waals surface area contributed by atoms with Gasteiger partial charge in [-0.25, -0.2) is 18.1 Å². The molecule has 0 radical (unpaired) electrons. The molecule has 0 aliphatic rings. The van der Waals surface area contributed by atoms with Crippen LogP contribution >= 0.6 is 0 Å². The molecule has 0 fully saturated rings. The van der Waals surface area contributed by atoms with E-state index in [0.29, 0.717) is 12.4 Å². The Morgan fingerprint density at radius 3 is 2.88 bits per heavy atom. The first-order valence-corrected chi connectivity index (χ1v) is 7.28. The van der Waals surface area contributed by atoms with E-state index in [1.807, 2.05) is 6.92 Å². The summed E-state index contributed by atoms with van der Waals surface area (Å²) in [5.74, 6) is 0.613. The van der Waals surface area contributed by atoms with Crippen molar-refractivity contribution in [1.29, 1.82) is 0 Å². The number of nitrogens with zero attached hydrogens (tertiary/aromatic N) is 1. The number of hydrogen-bond acceptors (Lipinski definition) is 4. The quantitative estimate of drug-likeness (QED) is 0.583. The van der Waals surface area contributed by atoms with Crippen LogP contribution < -0.4 is 10.0 Å². The minimum atomic E-state index is -3.29. The number of sulfonamides is 1. The Bertz CT molecular complexity index is 402. The van der Waals surface area contributed by atoms with E-state index in [1.54, 1.807) is 19.3 Å². The van der Waals surface area contributed by atoms with Gasteiger partial charge in [-0.1, -0.05) is 6.92 Å². The zero-order chi connectivity index (χ0) is 12.7. The number of imidazole rings is 1. The van der Waals surface area contributed by atoms with Crippen LogP contribution in [0.2, 0.25) is 0 Å². The van der Waals surface area contributed by atoms with Gasteiger partial charge in [-0.3, -0.25) is 0 Å². The van der Waals surface area contributed by atoms with Crippen LogP contribution in [-0.2, 0) is 16.6 Å². The summed E-state index contributed by atoms with van der Waals surface area (Å²) in [7, 11) is -3.29. The van der Waals surface area contributed by atoms with E-state index in [9.17, 15) is 8.42 Å². The van der Waals surface area contributed by atoms with E-state index in [4.69, 9.17) is 0 Å². The molecule has 0 aliphatic heterocycles. The average molecular weight is 260 g/mol. The monoisotopic (exact) mass is 260 g/mol. The van der Waals surface area contributed by atoms with Crippen molar-refractivity contribution in [2.45, 2.75) is 32.1 Å². The highest BCUT2D eigenvalue weighted by molar-refractivity contribution is 7.90. The van der Waals surface area contributed by atoms with Crippen molar-refractivity contribution in [3.8, 4) is 0 Å². The van der Waals surface area contributed by atoms with Crippen LogP contribution in [0.15, 0.2) is 12.4 Å². The lowest BCUT2D eigenvalue weighted by Gasteiger charge is -2.13. The third-order valence-electron chi connectivity index (χ3n) is 2.38. The van der Waals surface area contributed by atoms with Crippen LogP contribution in [-0.4, -0.2) is 36.7 Å². The number of aromatic nitrogens is 2. The molecule has 98 valence electrons. The van der Waals surface area contributed by atoms with Crippen LogP contribution in [0.5, 0.6) is 0 Å². The molecular weight excluding hydrogens is 240 g/mol. The Morgan fingerprint density at radius 2 is 2.29 bits per heavy atom. The van der Waals surface area contributed by atoms with Crippen LogP contribution in [0.4, 0.5) is 0 Å². The summed E-state index contributed by atoms with van der Waals surface area (Å²) < 4.78 is 26.2. The van der Waals surface area contributed by atoms with Gasteiger partial charge >= 0.3 is 0 Å². The molecule has 1 aromatic heterocycles. The van der Waals surface area contributed by atoms with Gasteiger partial charge < -0.3 is 10.3 Å². The molecular formula is C10H20N4O2S. The average Bonchev–Trinajstić information content (AvgIpc) is 2.79. The zero-order valence-corrected chi connectivity index (χ0v) is 11.0. The molecule has 1 heterocycles. The smallest absolute Gasteiger partial charge is 0.215 e. The summed E-state index contributed by atoms with van der Waals surface area (Å²) in [6, 6.07) is 0. The van der Waals surface area contributed by atoms with E-state index >= 15 is 0 Å². The topological polar surface area (TPSA) is 86.9 Å². The molecule has 0 spiro atoms. The van der Waals surface area contributed by atoms with Crippen molar-refractivity contribution in [3.63, 3.8) is 0 Å². The number of rotatable bonds is 8. The SMILES string of the molecule is CCCNCC(C)S(=O)(=O)NCc1ncc[nH]1. The van der Waals surface area contributed by atoms with Crippen LogP contribution in [0.3, 0.4) is 0 Å². The van der Waals surface area contributed by atoms with E-state index in [2.05, 4.69) is 20.0 Å². The Kier molecular flexibility index (Phi) is 5.60. The van der Waals surface area contributed by atoms with Crippen LogP contribution in [0.1, 0.15) is 26.1 Å². The molecule has 1 rings (SSSR count). The van der Waals surface area contributed by atoms with E-state index in [1.165, 1.54) is 0 Å². The van der Waals surface area contributed by atoms with E-state index in [-0.39, 0.29) is 6.54 Å². The first-order valence-electron chi connectivity index (χ1n) is 5.73. The van der Waals surface area contributed by atoms with Gasteiger partial charge in [0.25, 0.3) is 0 Å². The van der Waals surface area contributed by atoms with Gasteiger partial charge in [0.2, 0.25) is 10.0 Å². The molecule has 17 heavy (non-hydrogen) atoms. The molecule has 0 saturated heterocycles. The van der Waals surface area contributed by atoms with Crippen molar-refractivity contribution in [1.82, 2.24) is 20.0 Å². The van der Waals surface area contributed by atoms with E-state index in [0.717, 1.165) is 13.0 Å². The van der Waals surface area contributed by atoms with Crippen molar-refractivity contribution in [2.24, 2.45) is 0 Å². The van der Waals surface area contributed by atoms with Gasteiger partial charge in [0.1, 0.15) is 5.82 Å². The third-order valence-corrected chi connectivity index (χ3v) is 4.16. The normalized spacial score (nSPS) is 13.8. The summed E-state index contributed by atoms with van der Waals surface area (Å²) in [4.78, 5) is 6.80. The molecule has 1 atom stereocenters. The maximum atomic E-state index is 11.8. The molecule has 0 aromatic carbocycles. The van der Waals surface area contributed by atoms with Crippen molar-refractivity contribution in [2.75, 3.05) is 13.1 Å². The number of H-pyrrole nitrogens is 1. The molecule has 7 heteroatoms. The number of nitrogens with one attached hydrogen (secondary N) is 3. The molecule has 3 N–H and O–H groups in total. The first kappa shape index (κ1) is 14.1. The maximum Gasteiger partial charge on any atom is 0.215 e. The van der Waals surface area contributed by atoms with Crippen molar-refractivity contribution < 1.29 is 8.42 Å². The predicted molar refractivity (Wildman–Crippen MR) is 67.0 cm³/mol. The molecule has 6 nitrogen and oxygen atoms in total. The van der Waals surface area contributed by atoms with E-state index < -0.39 is 15.3 Å². The Balaban J connectivity index is 2.39. The second-order valence-corrected chi connectivity index (χ2v) is 6.10. The highest BCUT2D eigenvalue weighted by atomic mass is 32.2. The Labute approximate surface area is 102 Å². The molecule has 0 saturated carbocycles. The standard InChI is InChI=1S/C10H20N4O2S/c1-3-4-11-7-9(2)17(15,16)14-8-10-12-5-6-13-10/h5-6,9,11,14H,3-4,7-8H2,1-2H3,(H,12,13).